The molecule has 1 aliphatic carbocycles. The van der Waals surface area contributed by atoms with Gasteiger partial charge in [-0.15, -0.1) is 0 Å². The molecule has 2 atom stereocenters. The zero-order valence-corrected chi connectivity index (χ0v) is 13.2. The van der Waals surface area contributed by atoms with Gasteiger partial charge in [-0.3, -0.25) is 0 Å². The molecule has 23 heavy (non-hydrogen) atoms. The number of imidazole rings is 1. The molecule has 1 fully saturated rings. The van der Waals surface area contributed by atoms with Crippen LogP contribution in [0, 0.1) is 0 Å². The summed E-state index contributed by atoms with van der Waals surface area (Å²) >= 11 is 0. The Morgan fingerprint density at radius 2 is 2.04 bits per heavy atom. The lowest BCUT2D eigenvalue weighted by atomic mass is 9.85. The van der Waals surface area contributed by atoms with Gasteiger partial charge >= 0.3 is 0 Å². The Morgan fingerprint density at radius 3 is 2.87 bits per heavy atom. The number of ether oxygens (including phenoxy) is 1. The van der Waals surface area contributed by atoms with E-state index >= 15 is 0 Å². The summed E-state index contributed by atoms with van der Waals surface area (Å²) in [4.78, 5) is 9.14. The van der Waals surface area contributed by atoms with Crippen LogP contribution in [0.25, 0.3) is 17.0 Å². The maximum Gasteiger partial charge on any atom is 0.250 e. The summed E-state index contributed by atoms with van der Waals surface area (Å²) in [6, 6.07) is 10.1. The Morgan fingerprint density at radius 1 is 1.17 bits per heavy atom. The normalized spacial score (nSPS) is 21.6. The van der Waals surface area contributed by atoms with Gasteiger partial charge in [0.05, 0.1) is 24.2 Å². The first-order chi connectivity index (χ1) is 11.3. The van der Waals surface area contributed by atoms with Crippen LogP contribution < -0.4 is 0 Å². The van der Waals surface area contributed by atoms with E-state index in [1.807, 2.05) is 36.5 Å². The zero-order chi connectivity index (χ0) is 15.6. The molecule has 0 amide bonds. The van der Waals surface area contributed by atoms with Gasteiger partial charge in [0.15, 0.2) is 0 Å². The van der Waals surface area contributed by atoms with E-state index in [1.165, 1.54) is 6.42 Å². The molecule has 5 heteroatoms. The van der Waals surface area contributed by atoms with Crippen LogP contribution in [0.1, 0.15) is 37.3 Å². The Bertz CT molecular complexity index is 799. The smallest absolute Gasteiger partial charge is 0.250 e. The number of aromatic nitrogens is 4. The van der Waals surface area contributed by atoms with E-state index in [4.69, 9.17) is 4.74 Å². The van der Waals surface area contributed by atoms with Gasteiger partial charge < -0.3 is 4.74 Å². The van der Waals surface area contributed by atoms with E-state index in [9.17, 15) is 0 Å². The number of rotatable bonds is 3. The standard InChI is InChI=1S/C18H20N4O/c1-23-15-9-5-8-14(10-15)17-12-22-18(20-17)19-11-16(21-22)13-6-3-2-4-7-13/h2-4,6-7,11-12,14-15H,5,8-10H2,1H3. The zero-order valence-electron chi connectivity index (χ0n) is 13.2. The highest BCUT2D eigenvalue weighted by molar-refractivity contribution is 5.57. The number of methoxy groups -OCH3 is 1. The van der Waals surface area contributed by atoms with Crippen molar-refractivity contribution in [3.05, 3.63) is 48.4 Å². The van der Waals surface area contributed by atoms with Crippen LogP contribution in [0.2, 0.25) is 0 Å². The van der Waals surface area contributed by atoms with Crippen LogP contribution in [0.3, 0.4) is 0 Å². The average Bonchev–Trinajstić information content (AvgIpc) is 3.06. The van der Waals surface area contributed by atoms with E-state index < -0.39 is 0 Å². The van der Waals surface area contributed by atoms with Gasteiger partial charge in [0.2, 0.25) is 0 Å². The molecule has 118 valence electrons. The van der Waals surface area contributed by atoms with E-state index in [0.717, 1.165) is 36.2 Å². The van der Waals surface area contributed by atoms with E-state index in [2.05, 4.69) is 15.1 Å². The molecular formula is C18H20N4O. The summed E-state index contributed by atoms with van der Waals surface area (Å²) < 4.78 is 7.33. The molecule has 1 aliphatic rings. The van der Waals surface area contributed by atoms with E-state index in [0.29, 0.717) is 17.8 Å². The topological polar surface area (TPSA) is 52.3 Å². The maximum absolute atomic E-state index is 5.53. The average molecular weight is 308 g/mol. The fraction of sp³-hybridized carbons (Fsp3) is 0.389. The molecule has 0 N–H and O–H groups in total. The molecule has 2 unspecified atom stereocenters. The minimum Gasteiger partial charge on any atom is -0.381 e. The highest BCUT2D eigenvalue weighted by Gasteiger charge is 2.25. The number of hydrogen-bond acceptors (Lipinski definition) is 4. The Labute approximate surface area is 135 Å². The SMILES string of the molecule is COC1CCCC(c2cn3nc(-c4ccccc4)cnc3n2)C1. The molecule has 1 saturated carbocycles. The van der Waals surface area contributed by atoms with Gasteiger partial charge in [0.1, 0.15) is 5.69 Å². The highest BCUT2D eigenvalue weighted by Crippen LogP contribution is 2.33. The van der Waals surface area contributed by atoms with Crippen molar-refractivity contribution in [3.8, 4) is 11.3 Å². The first-order valence-electron chi connectivity index (χ1n) is 8.14. The van der Waals surface area contributed by atoms with Crippen molar-refractivity contribution in [3.63, 3.8) is 0 Å². The number of fused-ring (bicyclic) bond motifs is 1. The molecule has 0 saturated heterocycles. The van der Waals surface area contributed by atoms with Gasteiger partial charge in [-0.05, 0) is 19.3 Å². The van der Waals surface area contributed by atoms with Gasteiger partial charge in [0.25, 0.3) is 5.78 Å². The monoisotopic (exact) mass is 308 g/mol. The predicted octanol–water partition coefficient (Wildman–Crippen LogP) is 3.46. The molecule has 2 heterocycles. The molecular weight excluding hydrogens is 288 g/mol. The summed E-state index contributed by atoms with van der Waals surface area (Å²) in [7, 11) is 1.80. The van der Waals surface area contributed by atoms with Crippen LogP contribution in [-0.2, 0) is 4.74 Å². The first kappa shape index (κ1) is 14.3. The minimum absolute atomic E-state index is 0.347. The van der Waals surface area contributed by atoms with Gasteiger partial charge in [-0.1, -0.05) is 36.8 Å². The molecule has 1 aromatic carbocycles. The Kier molecular flexibility index (Phi) is 3.79. The lowest BCUT2D eigenvalue weighted by Crippen LogP contribution is -2.20. The summed E-state index contributed by atoms with van der Waals surface area (Å²) in [6.45, 7) is 0. The van der Waals surface area contributed by atoms with Crippen molar-refractivity contribution in [1.29, 1.82) is 0 Å². The second-order valence-corrected chi connectivity index (χ2v) is 6.14. The van der Waals surface area contributed by atoms with Gasteiger partial charge in [-0.25, -0.2) is 14.5 Å². The van der Waals surface area contributed by atoms with E-state index in [1.54, 1.807) is 17.8 Å². The lowest BCUT2D eigenvalue weighted by molar-refractivity contribution is 0.0630. The molecule has 3 aromatic rings. The third-order valence-electron chi connectivity index (χ3n) is 4.65. The molecule has 0 spiro atoms. The Hall–Kier alpha value is -2.27. The van der Waals surface area contributed by atoms with Crippen molar-refractivity contribution in [2.75, 3.05) is 7.11 Å². The van der Waals surface area contributed by atoms with Crippen LogP contribution in [0.5, 0.6) is 0 Å². The fourth-order valence-corrected chi connectivity index (χ4v) is 3.37. The summed E-state index contributed by atoms with van der Waals surface area (Å²) in [6.07, 6.45) is 8.70. The molecule has 0 aliphatic heterocycles. The van der Waals surface area contributed by atoms with Crippen LogP contribution in [-0.4, -0.2) is 32.8 Å². The Balaban J connectivity index is 1.66. The van der Waals surface area contributed by atoms with Crippen LogP contribution in [0.4, 0.5) is 0 Å². The van der Waals surface area contributed by atoms with Crippen molar-refractivity contribution < 1.29 is 4.74 Å². The van der Waals surface area contributed by atoms with Crippen molar-refractivity contribution >= 4 is 5.78 Å². The maximum atomic E-state index is 5.53. The summed E-state index contributed by atoms with van der Waals surface area (Å²) in [5.74, 6) is 1.11. The first-order valence-corrected chi connectivity index (χ1v) is 8.14. The predicted molar refractivity (Wildman–Crippen MR) is 88.2 cm³/mol. The van der Waals surface area contributed by atoms with Crippen molar-refractivity contribution in [2.45, 2.75) is 37.7 Å². The third kappa shape index (κ3) is 2.84. The van der Waals surface area contributed by atoms with Gasteiger partial charge in [0, 0.05) is 18.6 Å². The number of hydrogen-bond donors (Lipinski definition) is 0. The van der Waals surface area contributed by atoms with Crippen LogP contribution >= 0.6 is 0 Å². The lowest BCUT2D eigenvalue weighted by Gasteiger charge is -2.26. The largest absolute Gasteiger partial charge is 0.381 e. The molecule has 2 aromatic heterocycles. The summed E-state index contributed by atoms with van der Waals surface area (Å²) in [5, 5.41) is 4.66. The fourth-order valence-electron chi connectivity index (χ4n) is 3.37. The quantitative estimate of drug-likeness (QED) is 0.743. The minimum atomic E-state index is 0.347. The number of benzene rings is 1. The molecule has 5 nitrogen and oxygen atoms in total. The van der Waals surface area contributed by atoms with Crippen LogP contribution in [0.15, 0.2) is 42.7 Å². The van der Waals surface area contributed by atoms with Gasteiger partial charge in [-0.2, -0.15) is 5.10 Å². The summed E-state index contributed by atoms with van der Waals surface area (Å²) in [5.41, 5.74) is 3.01. The van der Waals surface area contributed by atoms with Crippen molar-refractivity contribution in [2.24, 2.45) is 0 Å². The molecule has 0 bridgehead atoms. The second kappa shape index (κ2) is 6.08. The molecule has 0 radical (unpaired) electrons. The van der Waals surface area contributed by atoms with E-state index in [-0.39, 0.29) is 0 Å². The highest BCUT2D eigenvalue weighted by atomic mass is 16.5. The molecule has 4 rings (SSSR count). The second-order valence-electron chi connectivity index (χ2n) is 6.14. The van der Waals surface area contributed by atoms with Crippen molar-refractivity contribution in [1.82, 2.24) is 19.6 Å². The third-order valence-corrected chi connectivity index (χ3v) is 4.65. The number of nitrogens with zero attached hydrogens (tertiary/aromatic N) is 4.